The highest BCUT2D eigenvalue weighted by atomic mass is 35.5. The maximum absolute atomic E-state index is 13.0. The SMILES string of the molecule is CCS/C(=N\C(=O)Nc1ccc(CN(C)c2ncn(-c3ccc(OC(F)(F)F)cc3)n2)c(Cl)c1)N(C=O)c1cc(C)ccc1C(C)C. The van der Waals surface area contributed by atoms with Crippen LogP contribution >= 0.6 is 23.4 Å². The second-order valence-corrected chi connectivity index (χ2v) is 12.3. The van der Waals surface area contributed by atoms with E-state index in [0.717, 1.165) is 16.7 Å². The molecule has 47 heavy (non-hydrogen) atoms. The summed E-state index contributed by atoms with van der Waals surface area (Å²) < 4.78 is 42.7. The summed E-state index contributed by atoms with van der Waals surface area (Å²) in [6.45, 7) is 8.22. The molecule has 15 heteroatoms. The lowest BCUT2D eigenvalue weighted by atomic mass is 9.99. The third-order valence-electron chi connectivity index (χ3n) is 6.72. The predicted molar refractivity (Wildman–Crippen MR) is 180 cm³/mol. The lowest BCUT2D eigenvalue weighted by Gasteiger charge is -2.23. The molecule has 3 amide bonds. The highest BCUT2D eigenvalue weighted by Crippen LogP contribution is 2.31. The zero-order chi connectivity index (χ0) is 34.3. The first kappa shape index (κ1) is 35.3. The lowest BCUT2D eigenvalue weighted by Crippen LogP contribution is -2.30. The second kappa shape index (κ2) is 15.4. The van der Waals surface area contributed by atoms with Gasteiger partial charge in [0.1, 0.15) is 12.1 Å². The van der Waals surface area contributed by atoms with Crippen molar-refractivity contribution in [3.63, 3.8) is 0 Å². The normalized spacial score (nSPS) is 11.8. The van der Waals surface area contributed by atoms with Gasteiger partial charge in [-0.3, -0.25) is 9.69 Å². The van der Waals surface area contributed by atoms with E-state index >= 15 is 0 Å². The number of halogens is 4. The van der Waals surface area contributed by atoms with Crippen molar-refractivity contribution >= 4 is 58.3 Å². The Hall–Kier alpha value is -4.56. The summed E-state index contributed by atoms with van der Waals surface area (Å²) in [7, 11) is 1.76. The Morgan fingerprint density at radius 2 is 1.87 bits per heavy atom. The number of hydrogen-bond acceptors (Lipinski definition) is 7. The van der Waals surface area contributed by atoms with E-state index < -0.39 is 12.4 Å². The molecule has 0 unspecified atom stereocenters. The van der Waals surface area contributed by atoms with Crippen LogP contribution in [-0.4, -0.2) is 51.5 Å². The molecule has 0 bridgehead atoms. The van der Waals surface area contributed by atoms with Gasteiger partial charge in [0.2, 0.25) is 12.4 Å². The predicted octanol–water partition coefficient (Wildman–Crippen LogP) is 8.19. The van der Waals surface area contributed by atoms with E-state index in [4.69, 9.17) is 11.6 Å². The number of thioether (sulfide) groups is 1. The van der Waals surface area contributed by atoms with Gasteiger partial charge in [0.25, 0.3) is 0 Å². The zero-order valence-corrected chi connectivity index (χ0v) is 27.8. The van der Waals surface area contributed by atoms with Crippen molar-refractivity contribution in [1.82, 2.24) is 14.8 Å². The largest absolute Gasteiger partial charge is 0.573 e. The Kier molecular flexibility index (Phi) is 11.5. The molecule has 248 valence electrons. The summed E-state index contributed by atoms with van der Waals surface area (Å²) in [5, 5.41) is 7.73. The number of carbonyl (C=O) groups is 2. The number of hydrogen-bond donors (Lipinski definition) is 1. The fourth-order valence-electron chi connectivity index (χ4n) is 4.51. The molecular weight excluding hydrogens is 655 g/mol. The molecule has 1 N–H and O–H groups in total. The fraction of sp³-hybridized carbons (Fsp3) is 0.281. The van der Waals surface area contributed by atoms with Crippen LogP contribution in [0, 0.1) is 6.92 Å². The highest BCUT2D eigenvalue weighted by molar-refractivity contribution is 8.14. The monoisotopic (exact) mass is 687 g/mol. The van der Waals surface area contributed by atoms with Crippen LogP contribution in [0.3, 0.4) is 0 Å². The molecule has 0 saturated heterocycles. The number of aliphatic imine (C=N–C) groups is 1. The Bertz CT molecular complexity index is 1750. The number of nitrogens with zero attached hydrogens (tertiary/aromatic N) is 6. The number of urea groups is 1. The minimum absolute atomic E-state index is 0.142. The molecule has 0 saturated carbocycles. The molecule has 0 aliphatic heterocycles. The number of rotatable bonds is 10. The van der Waals surface area contributed by atoms with Crippen molar-refractivity contribution in [3.05, 3.63) is 88.7 Å². The van der Waals surface area contributed by atoms with Crippen molar-refractivity contribution in [1.29, 1.82) is 0 Å². The minimum Gasteiger partial charge on any atom is -0.406 e. The Labute approximate surface area is 279 Å². The molecule has 10 nitrogen and oxygen atoms in total. The van der Waals surface area contributed by atoms with Gasteiger partial charge in [-0.1, -0.05) is 62.3 Å². The van der Waals surface area contributed by atoms with Crippen LogP contribution in [0.2, 0.25) is 5.02 Å². The van der Waals surface area contributed by atoms with Crippen molar-refractivity contribution in [2.75, 3.05) is 27.9 Å². The van der Waals surface area contributed by atoms with E-state index in [1.54, 1.807) is 30.1 Å². The number of carbonyl (C=O) groups excluding carboxylic acids is 2. The molecule has 0 aliphatic carbocycles. The number of ether oxygens (including phenoxy) is 1. The third kappa shape index (κ3) is 9.48. The van der Waals surface area contributed by atoms with Gasteiger partial charge in [-0.2, -0.15) is 9.98 Å². The number of aromatic nitrogens is 3. The van der Waals surface area contributed by atoms with Crippen molar-refractivity contribution in [2.45, 2.75) is 46.5 Å². The average molecular weight is 688 g/mol. The van der Waals surface area contributed by atoms with Gasteiger partial charge in [-0.15, -0.1) is 18.3 Å². The van der Waals surface area contributed by atoms with Crippen molar-refractivity contribution in [3.8, 4) is 11.4 Å². The minimum atomic E-state index is -4.78. The van der Waals surface area contributed by atoms with Gasteiger partial charge in [-0.05, 0) is 77.7 Å². The maximum Gasteiger partial charge on any atom is 0.573 e. The van der Waals surface area contributed by atoms with Crippen LogP contribution < -0.4 is 19.9 Å². The summed E-state index contributed by atoms with van der Waals surface area (Å²) in [5.41, 5.74) is 4.22. The van der Waals surface area contributed by atoms with Crippen molar-refractivity contribution < 1.29 is 27.5 Å². The van der Waals surface area contributed by atoms with Gasteiger partial charge < -0.3 is 15.0 Å². The fourth-order valence-corrected chi connectivity index (χ4v) is 5.44. The smallest absolute Gasteiger partial charge is 0.406 e. The summed E-state index contributed by atoms with van der Waals surface area (Å²) in [5.74, 6) is 0.733. The Balaban J connectivity index is 1.44. The number of anilines is 3. The Morgan fingerprint density at radius 3 is 2.49 bits per heavy atom. The maximum atomic E-state index is 13.0. The third-order valence-corrected chi connectivity index (χ3v) is 7.90. The molecule has 4 rings (SSSR count). The molecule has 0 spiro atoms. The number of amidine groups is 1. The van der Waals surface area contributed by atoms with E-state index in [1.807, 2.05) is 45.9 Å². The molecule has 0 radical (unpaired) electrons. The van der Waals surface area contributed by atoms with Gasteiger partial charge >= 0.3 is 12.4 Å². The van der Waals surface area contributed by atoms with Crippen LogP contribution in [0.1, 0.15) is 43.4 Å². The van der Waals surface area contributed by atoms with E-state index in [9.17, 15) is 22.8 Å². The number of benzene rings is 3. The lowest BCUT2D eigenvalue weighted by molar-refractivity contribution is -0.274. The molecular formula is C32H33ClF3N7O3S. The summed E-state index contributed by atoms with van der Waals surface area (Å²) in [6, 6.07) is 15.4. The Morgan fingerprint density at radius 1 is 1.15 bits per heavy atom. The van der Waals surface area contributed by atoms with Crippen molar-refractivity contribution in [2.24, 2.45) is 4.99 Å². The van der Waals surface area contributed by atoms with Crippen LogP contribution in [0.4, 0.5) is 35.3 Å². The molecule has 0 atom stereocenters. The van der Waals surface area contributed by atoms with Crippen LogP contribution in [0.5, 0.6) is 5.75 Å². The molecule has 0 fully saturated rings. The van der Waals surface area contributed by atoms with Gasteiger partial charge in [0.15, 0.2) is 5.17 Å². The quantitative estimate of drug-likeness (QED) is 0.102. The van der Waals surface area contributed by atoms with E-state index in [-0.39, 0.29) is 16.8 Å². The van der Waals surface area contributed by atoms with Crippen LogP contribution in [-0.2, 0) is 11.3 Å². The average Bonchev–Trinajstić information content (AvgIpc) is 3.49. The van der Waals surface area contributed by atoms with E-state index in [0.29, 0.717) is 46.7 Å². The number of alkyl halides is 3. The number of amides is 3. The number of nitrogens with one attached hydrogen (secondary N) is 1. The molecule has 1 heterocycles. The van der Waals surface area contributed by atoms with Gasteiger partial charge in [-0.25, -0.2) is 9.48 Å². The first-order valence-electron chi connectivity index (χ1n) is 14.4. The molecule has 1 aromatic heterocycles. The number of aryl methyl sites for hydroxylation is 1. The molecule has 4 aromatic rings. The van der Waals surface area contributed by atoms with Crippen LogP contribution in [0.15, 0.2) is 72.0 Å². The molecule has 0 aliphatic rings. The van der Waals surface area contributed by atoms with Gasteiger partial charge in [0, 0.05) is 24.3 Å². The second-order valence-electron chi connectivity index (χ2n) is 10.6. The van der Waals surface area contributed by atoms with E-state index in [2.05, 4.69) is 25.1 Å². The summed E-state index contributed by atoms with van der Waals surface area (Å²) >= 11 is 7.84. The van der Waals surface area contributed by atoms with Crippen LogP contribution in [0.25, 0.3) is 5.69 Å². The zero-order valence-electron chi connectivity index (χ0n) is 26.2. The standard InChI is InChI=1S/C32H33ClF3N7O3S/c1-6-47-31(42(19-44)28-15-21(4)7-14-26(28)20(2)3)39-30(45)38-23-9-8-22(27(33)16-23)17-41(5)29-37-18-43(40-29)24-10-12-25(13-11-24)46-32(34,35)36/h7-16,18-20H,6,17H2,1-5H3,(H,38,45)/b39-31-. The summed E-state index contributed by atoms with van der Waals surface area (Å²) in [6.07, 6.45) is -2.68. The molecule has 3 aromatic carbocycles. The highest BCUT2D eigenvalue weighted by Gasteiger charge is 2.31. The first-order valence-corrected chi connectivity index (χ1v) is 15.8. The summed E-state index contributed by atoms with van der Waals surface area (Å²) in [4.78, 5) is 36.9. The van der Waals surface area contributed by atoms with Gasteiger partial charge in [0.05, 0.1) is 11.4 Å². The van der Waals surface area contributed by atoms with E-state index in [1.165, 1.54) is 51.9 Å². The first-order chi connectivity index (χ1) is 22.3. The topological polar surface area (TPSA) is 105 Å².